The minimum atomic E-state index is -0.494. The molecule has 0 amide bonds. The second kappa shape index (κ2) is 16.5. The van der Waals surface area contributed by atoms with E-state index in [1.807, 2.05) is 0 Å². The van der Waals surface area contributed by atoms with Gasteiger partial charge in [-0.15, -0.1) is 0 Å². The third-order valence-corrected chi connectivity index (χ3v) is 7.83. The molecule has 0 aliphatic heterocycles. The summed E-state index contributed by atoms with van der Waals surface area (Å²) < 4.78 is 25.7. The van der Waals surface area contributed by atoms with Crippen molar-refractivity contribution < 1.29 is 18.7 Å². The van der Waals surface area contributed by atoms with E-state index in [0.717, 1.165) is 43.3 Å². The molecule has 1 fully saturated rings. The van der Waals surface area contributed by atoms with E-state index in [4.69, 9.17) is 9.47 Å². The van der Waals surface area contributed by atoms with Gasteiger partial charge in [0.2, 0.25) is 0 Å². The summed E-state index contributed by atoms with van der Waals surface area (Å²) in [4.78, 5) is 12.5. The Morgan fingerprint density at radius 1 is 0.784 bits per heavy atom. The zero-order valence-electron chi connectivity index (χ0n) is 23.1. The molecule has 37 heavy (non-hydrogen) atoms. The standard InChI is InChI=1S/C33H47FO3/c1-3-5-7-9-13-28-18-23-31(25-32(28)34)37-33(35)29-19-21-30(22-20-29)36-24-10-12-27-16-14-26(15-17-27)11-8-6-4-2/h18-23,25-27H,3-17,24H2,1-2H3. The highest BCUT2D eigenvalue weighted by atomic mass is 19.1. The molecule has 3 rings (SSSR count). The van der Waals surface area contributed by atoms with E-state index in [2.05, 4.69) is 13.8 Å². The molecule has 2 aromatic rings. The van der Waals surface area contributed by atoms with E-state index in [-0.39, 0.29) is 11.6 Å². The van der Waals surface area contributed by atoms with Gasteiger partial charge >= 0.3 is 5.97 Å². The van der Waals surface area contributed by atoms with Crippen molar-refractivity contribution in [2.24, 2.45) is 11.8 Å². The Balaban J connectivity index is 1.34. The average molecular weight is 511 g/mol. The summed E-state index contributed by atoms with van der Waals surface area (Å²) in [6.07, 6.45) is 18.5. The summed E-state index contributed by atoms with van der Waals surface area (Å²) >= 11 is 0. The quantitative estimate of drug-likeness (QED) is 0.128. The Morgan fingerprint density at radius 3 is 2.05 bits per heavy atom. The van der Waals surface area contributed by atoms with Crippen LogP contribution in [0.15, 0.2) is 42.5 Å². The molecule has 0 saturated heterocycles. The van der Waals surface area contributed by atoms with Crippen LogP contribution in [0.1, 0.15) is 120 Å². The zero-order chi connectivity index (χ0) is 26.3. The zero-order valence-corrected chi connectivity index (χ0v) is 23.1. The molecule has 0 radical (unpaired) electrons. The third-order valence-electron chi connectivity index (χ3n) is 7.83. The van der Waals surface area contributed by atoms with E-state index in [1.165, 1.54) is 70.3 Å². The highest BCUT2D eigenvalue weighted by molar-refractivity contribution is 5.91. The van der Waals surface area contributed by atoms with Crippen LogP contribution in [-0.4, -0.2) is 12.6 Å². The maximum absolute atomic E-state index is 14.4. The molecule has 0 bridgehead atoms. The fourth-order valence-electron chi connectivity index (χ4n) is 5.44. The number of hydrogen-bond acceptors (Lipinski definition) is 3. The van der Waals surface area contributed by atoms with Gasteiger partial charge in [-0.2, -0.15) is 0 Å². The van der Waals surface area contributed by atoms with Crippen molar-refractivity contribution in [2.75, 3.05) is 6.61 Å². The van der Waals surface area contributed by atoms with Gasteiger partial charge in [0.1, 0.15) is 17.3 Å². The fourth-order valence-corrected chi connectivity index (χ4v) is 5.44. The number of carbonyl (C=O) groups is 1. The first-order valence-electron chi connectivity index (χ1n) is 14.8. The van der Waals surface area contributed by atoms with E-state index in [9.17, 15) is 9.18 Å². The molecule has 0 atom stereocenters. The number of unbranched alkanes of at least 4 members (excludes halogenated alkanes) is 5. The number of aryl methyl sites for hydroxylation is 1. The lowest BCUT2D eigenvalue weighted by Gasteiger charge is -2.28. The molecular formula is C33H47FO3. The largest absolute Gasteiger partial charge is 0.494 e. The monoisotopic (exact) mass is 510 g/mol. The topological polar surface area (TPSA) is 35.5 Å². The van der Waals surface area contributed by atoms with E-state index >= 15 is 0 Å². The van der Waals surface area contributed by atoms with Gasteiger partial charge in [0.25, 0.3) is 0 Å². The molecule has 0 N–H and O–H groups in total. The van der Waals surface area contributed by atoms with Gasteiger partial charge in [0.05, 0.1) is 12.2 Å². The van der Waals surface area contributed by atoms with Crippen LogP contribution in [0.2, 0.25) is 0 Å². The van der Waals surface area contributed by atoms with Crippen molar-refractivity contribution >= 4 is 5.97 Å². The lowest BCUT2D eigenvalue weighted by atomic mass is 9.78. The second-order valence-corrected chi connectivity index (χ2v) is 10.9. The molecule has 0 unspecified atom stereocenters. The van der Waals surface area contributed by atoms with Crippen LogP contribution in [0.25, 0.3) is 0 Å². The van der Waals surface area contributed by atoms with Crippen molar-refractivity contribution in [1.82, 2.24) is 0 Å². The van der Waals surface area contributed by atoms with Crippen LogP contribution < -0.4 is 9.47 Å². The van der Waals surface area contributed by atoms with E-state index < -0.39 is 5.97 Å². The lowest BCUT2D eigenvalue weighted by molar-refractivity contribution is 0.0734. The van der Waals surface area contributed by atoms with Gasteiger partial charge in [0.15, 0.2) is 0 Å². The molecule has 204 valence electrons. The number of carbonyl (C=O) groups excluding carboxylic acids is 1. The number of esters is 1. The number of hydrogen-bond donors (Lipinski definition) is 0. The van der Waals surface area contributed by atoms with Gasteiger partial charge in [-0.1, -0.05) is 90.5 Å². The summed E-state index contributed by atoms with van der Waals surface area (Å²) in [7, 11) is 0. The Hall–Kier alpha value is -2.36. The molecule has 1 aliphatic carbocycles. The van der Waals surface area contributed by atoms with Gasteiger partial charge in [-0.3, -0.25) is 0 Å². The third kappa shape index (κ3) is 10.5. The number of rotatable bonds is 16. The molecule has 3 nitrogen and oxygen atoms in total. The normalized spacial score (nSPS) is 17.5. The molecular weight excluding hydrogens is 463 g/mol. The van der Waals surface area contributed by atoms with Gasteiger partial charge in [-0.05, 0) is 73.4 Å². The molecule has 1 aliphatic rings. The Bertz CT molecular complexity index is 916. The van der Waals surface area contributed by atoms with Crippen molar-refractivity contribution in [3.05, 3.63) is 59.4 Å². The smallest absolute Gasteiger partial charge is 0.343 e. The first kappa shape index (κ1) is 29.2. The van der Waals surface area contributed by atoms with Crippen LogP contribution in [0.5, 0.6) is 11.5 Å². The predicted molar refractivity (Wildman–Crippen MR) is 150 cm³/mol. The van der Waals surface area contributed by atoms with E-state index in [0.29, 0.717) is 24.2 Å². The number of ether oxygens (including phenoxy) is 2. The Morgan fingerprint density at radius 2 is 1.41 bits per heavy atom. The summed E-state index contributed by atoms with van der Waals surface area (Å²) in [6.45, 7) is 5.14. The molecule has 0 spiro atoms. The Labute approximate surface area is 224 Å². The van der Waals surface area contributed by atoms with Crippen molar-refractivity contribution in [1.29, 1.82) is 0 Å². The molecule has 0 aromatic heterocycles. The van der Waals surface area contributed by atoms with Gasteiger partial charge in [0, 0.05) is 6.07 Å². The minimum absolute atomic E-state index is 0.232. The van der Waals surface area contributed by atoms with Crippen LogP contribution in [-0.2, 0) is 6.42 Å². The van der Waals surface area contributed by atoms with Crippen LogP contribution in [0, 0.1) is 17.7 Å². The predicted octanol–water partition coefficient (Wildman–Crippen LogP) is 9.71. The first-order chi connectivity index (χ1) is 18.1. The first-order valence-corrected chi connectivity index (χ1v) is 14.8. The fraction of sp³-hybridized carbons (Fsp3) is 0.606. The summed E-state index contributed by atoms with van der Waals surface area (Å²) in [5.41, 5.74) is 1.10. The van der Waals surface area contributed by atoms with Crippen molar-refractivity contribution in [3.8, 4) is 11.5 Å². The summed E-state index contributed by atoms with van der Waals surface area (Å²) in [5, 5.41) is 0. The molecule has 1 saturated carbocycles. The van der Waals surface area contributed by atoms with Crippen molar-refractivity contribution in [3.63, 3.8) is 0 Å². The maximum Gasteiger partial charge on any atom is 0.343 e. The van der Waals surface area contributed by atoms with Crippen LogP contribution in [0.4, 0.5) is 4.39 Å². The summed E-state index contributed by atoms with van der Waals surface area (Å²) in [5.74, 6) is 1.99. The summed E-state index contributed by atoms with van der Waals surface area (Å²) in [6, 6.07) is 11.7. The minimum Gasteiger partial charge on any atom is -0.494 e. The molecule has 2 aromatic carbocycles. The van der Waals surface area contributed by atoms with E-state index in [1.54, 1.807) is 36.4 Å². The number of benzene rings is 2. The van der Waals surface area contributed by atoms with Gasteiger partial charge in [-0.25, -0.2) is 9.18 Å². The Kier molecular flexibility index (Phi) is 13.0. The van der Waals surface area contributed by atoms with Crippen LogP contribution >= 0.6 is 0 Å². The SMILES string of the molecule is CCCCCCc1ccc(OC(=O)c2ccc(OCCCC3CCC(CCCCC)CC3)cc2)cc1F. The van der Waals surface area contributed by atoms with Crippen LogP contribution in [0.3, 0.4) is 0 Å². The van der Waals surface area contributed by atoms with Crippen molar-refractivity contribution in [2.45, 2.75) is 110 Å². The highest BCUT2D eigenvalue weighted by Gasteiger charge is 2.20. The van der Waals surface area contributed by atoms with Gasteiger partial charge < -0.3 is 9.47 Å². The molecule has 0 heterocycles. The highest BCUT2D eigenvalue weighted by Crippen LogP contribution is 2.34. The molecule has 4 heteroatoms. The number of halogens is 1. The average Bonchev–Trinajstić information content (AvgIpc) is 2.91. The maximum atomic E-state index is 14.4. The lowest BCUT2D eigenvalue weighted by Crippen LogP contribution is -2.15. The second-order valence-electron chi connectivity index (χ2n) is 10.9.